The lowest BCUT2D eigenvalue weighted by Crippen LogP contribution is -2.57. The van der Waals surface area contributed by atoms with Crippen LogP contribution in [0.2, 0.25) is 0 Å². The van der Waals surface area contributed by atoms with E-state index in [4.69, 9.17) is 0 Å². The number of benzene rings is 1. The van der Waals surface area contributed by atoms with Crippen LogP contribution in [0.1, 0.15) is 50.7 Å². The van der Waals surface area contributed by atoms with E-state index in [9.17, 15) is 34.8 Å². The summed E-state index contributed by atoms with van der Waals surface area (Å²) in [5, 5.41) is -8.62. The molecule has 0 atom stereocenters. The molecule has 14 heteroatoms. The van der Waals surface area contributed by atoms with Crippen molar-refractivity contribution in [2.24, 2.45) is 0 Å². The van der Waals surface area contributed by atoms with E-state index in [0.717, 1.165) is 7.11 Å². The van der Waals surface area contributed by atoms with Gasteiger partial charge < -0.3 is 4.18 Å². The second kappa shape index (κ2) is 9.51. The first-order chi connectivity index (χ1) is 13.5. The van der Waals surface area contributed by atoms with Gasteiger partial charge in [0.05, 0.1) is 7.11 Å². The predicted molar refractivity (Wildman–Crippen MR) is 95.8 cm³/mol. The Balaban J connectivity index is 3.44. The van der Waals surface area contributed by atoms with Crippen LogP contribution in [0.3, 0.4) is 0 Å². The van der Waals surface area contributed by atoms with Crippen molar-refractivity contribution >= 4 is 22.2 Å². The first kappa shape index (κ1) is 26.8. The summed E-state index contributed by atoms with van der Waals surface area (Å²) in [6.07, 6.45) is 0. The summed E-state index contributed by atoms with van der Waals surface area (Å²) in [5.41, 5.74) is 0.226. The van der Waals surface area contributed by atoms with E-state index >= 15 is 0 Å². The Morgan fingerprint density at radius 3 is 1.80 bits per heavy atom. The first-order valence-electron chi connectivity index (χ1n) is 8.29. The Hall–Kier alpha value is -1.22. The molecule has 0 saturated heterocycles. The maximum Gasteiger partial charge on any atom is 0.450 e. The van der Waals surface area contributed by atoms with E-state index in [1.807, 2.05) is 0 Å². The third kappa shape index (κ3) is 5.15. The normalized spacial score (nSPS) is 13.9. The Morgan fingerprint density at radius 2 is 1.40 bits per heavy atom. The van der Waals surface area contributed by atoms with E-state index in [1.54, 1.807) is 27.7 Å². The molecule has 0 bridgehead atoms. The molecule has 1 aromatic rings. The highest BCUT2D eigenvalue weighted by Gasteiger charge is 2.80. The highest BCUT2D eigenvalue weighted by atomic mass is 32.2. The van der Waals surface area contributed by atoms with Gasteiger partial charge in [-0.15, -0.1) is 4.33 Å². The average molecular weight is 486 g/mol. The van der Waals surface area contributed by atoms with Crippen molar-refractivity contribution in [2.45, 2.75) is 56.0 Å². The Morgan fingerprint density at radius 1 is 0.933 bits per heavy atom. The highest BCUT2D eigenvalue weighted by molar-refractivity contribution is 7.95. The fourth-order valence-electron chi connectivity index (χ4n) is 2.20. The zero-order valence-electron chi connectivity index (χ0n) is 16.4. The van der Waals surface area contributed by atoms with Crippen LogP contribution in [0.25, 0.3) is 0 Å². The summed E-state index contributed by atoms with van der Waals surface area (Å²) in [6, 6.07) is 4.19. The number of hydrogen-bond acceptors (Lipinski definition) is 7. The molecule has 0 saturated carbocycles. The lowest BCUT2D eigenvalue weighted by atomic mass is 9.94. The molecular formula is C16H20F6O6S2. The summed E-state index contributed by atoms with van der Waals surface area (Å²) in [6.45, 7) is 6.29. The van der Waals surface area contributed by atoms with Crippen molar-refractivity contribution in [1.82, 2.24) is 0 Å². The average Bonchev–Trinajstić information content (AvgIpc) is 2.60. The summed E-state index contributed by atoms with van der Waals surface area (Å²) in [5.74, 6) is -7.99. The van der Waals surface area contributed by atoms with Gasteiger partial charge in [0.1, 0.15) is 17.8 Å². The number of rotatable bonds is 11. The molecule has 0 fully saturated rings. The summed E-state index contributed by atoms with van der Waals surface area (Å²) < 4.78 is 116. The molecule has 0 N–H and O–H groups in total. The van der Waals surface area contributed by atoms with Crippen LogP contribution >= 0.6 is 12.0 Å². The smallest absolute Gasteiger partial charge is 0.377 e. The van der Waals surface area contributed by atoms with E-state index < -0.39 is 56.2 Å². The molecule has 0 radical (unpaired) electrons. The fraction of sp³-hybridized carbons (Fsp3) is 0.625. The van der Waals surface area contributed by atoms with Crippen LogP contribution < -0.4 is 4.18 Å². The number of para-hydroxylation sites is 1. The topological polar surface area (TPSA) is 71.1 Å². The second-order valence-corrected chi connectivity index (χ2v) is 9.01. The molecule has 1 rings (SSSR count). The van der Waals surface area contributed by atoms with Crippen LogP contribution in [0, 0.1) is 0 Å². The number of hydrogen-bond donors (Lipinski definition) is 0. The van der Waals surface area contributed by atoms with Gasteiger partial charge in [0.2, 0.25) is 0 Å². The zero-order valence-corrected chi connectivity index (χ0v) is 18.1. The summed E-state index contributed by atoms with van der Waals surface area (Å²) >= 11 is -1.55. The Labute approximate surface area is 174 Å². The van der Waals surface area contributed by atoms with Gasteiger partial charge in [-0.05, 0) is 23.0 Å². The maximum absolute atomic E-state index is 14.3. The molecule has 174 valence electrons. The minimum absolute atomic E-state index is 0.113. The van der Waals surface area contributed by atoms with Gasteiger partial charge in [-0.25, -0.2) is 4.89 Å². The van der Waals surface area contributed by atoms with Gasteiger partial charge in [0.15, 0.2) is 0 Å². The van der Waals surface area contributed by atoms with Crippen molar-refractivity contribution in [2.75, 3.05) is 7.11 Å². The van der Waals surface area contributed by atoms with Gasteiger partial charge in [-0.2, -0.15) is 34.8 Å². The monoisotopic (exact) mass is 486 g/mol. The molecule has 0 amide bonds. The van der Waals surface area contributed by atoms with Crippen molar-refractivity contribution < 1.29 is 53.2 Å². The van der Waals surface area contributed by atoms with E-state index in [2.05, 4.69) is 18.4 Å². The lowest BCUT2D eigenvalue weighted by molar-refractivity contribution is -0.449. The zero-order chi connectivity index (χ0) is 23.5. The van der Waals surface area contributed by atoms with Gasteiger partial charge >= 0.3 is 26.5 Å². The van der Waals surface area contributed by atoms with Crippen LogP contribution in [-0.2, 0) is 24.4 Å². The Bertz CT molecular complexity index is 803. The Kier molecular flexibility index (Phi) is 8.50. The molecule has 0 unspecified atom stereocenters. The lowest BCUT2D eigenvalue weighted by Gasteiger charge is -2.30. The minimum Gasteiger partial charge on any atom is -0.377 e. The molecule has 0 aliphatic heterocycles. The largest absolute Gasteiger partial charge is 0.450 e. The number of halogens is 6. The second-order valence-electron chi connectivity index (χ2n) is 6.61. The summed E-state index contributed by atoms with van der Waals surface area (Å²) in [4.78, 5) is 3.70. The standard InChI is InChI=1S/C16H20F6O6S2/c1-9(2)11-7-6-8-12(10(3)4)13(11)26-30(23,24)16(21,22)14(17,18)15(19,20)29-28-27-25-5/h6-10H,1-5H3. The van der Waals surface area contributed by atoms with Crippen LogP contribution in [0.5, 0.6) is 5.75 Å². The van der Waals surface area contributed by atoms with Crippen LogP contribution in [0.4, 0.5) is 26.3 Å². The van der Waals surface area contributed by atoms with Gasteiger partial charge in [-0.3, -0.25) is 0 Å². The molecule has 0 aliphatic rings. The summed E-state index contributed by atoms with van der Waals surface area (Å²) in [7, 11) is -5.85. The number of alkyl halides is 6. The molecule has 0 heterocycles. The molecule has 30 heavy (non-hydrogen) atoms. The maximum atomic E-state index is 14.3. The molecule has 0 spiro atoms. The van der Waals surface area contributed by atoms with Gasteiger partial charge in [0.25, 0.3) is 0 Å². The van der Waals surface area contributed by atoms with Crippen LogP contribution in [-0.4, -0.2) is 32.0 Å². The quantitative estimate of drug-likeness (QED) is 0.100. The third-order valence-electron chi connectivity index (χ3n) is 3.79. The van der Waals surface area contributed by atoms with E-state index in [0.29, 0.717) is 0 Å². The first-order valence-corrected chi connectivity index (χ1v) is 10.4. The van der Waals surface area contributed by atoms with E-state index in [1.165, 1.54) is 18.2 Å². The highest BCUT2D eigenvalue weighted by Crippen LogP contribution is 2.54. The van der Waals surface area contributed by atoms with Gasteiger partial charge in [-0.1, -0.05) is 50.9 Å². The van der Waals surface area contributed by atoms with Crippen LogP contribution in [0.15, 0.2) is 18.2 Å². The molecule has 6 nitrogen and oxygen atoms in total. The molecule has 1 aromatic carbocycles. The third-order valence-corrected chi connectivity index (χ3v) is 5.65. The van der Waals surface area contributed by atoms with E-state index in [-0.39, 0.29) is 11.1 Å². The van der Waals surface area contributed by atoms with Crippen molar-refractivity contribution in [3.8, 4) is 5.75 Å². The molecule has 0 aliphatic carbocycles. The minimum atomic E-state index is -6.60. The predicted octanol–water partition coefficient (Wildman–Crippen LogP) is 5.62. The molecule has 0 aromatic heterocycles. The molecular weight excluding hydrogens is 466 g/mol. The van der Waals surface area contributed by atoms with Crippen molar-refractivity contribution in [3.63, 3.8) is 0 Å². The van der Waals surface area contributed by atoms with Crippen molar-refractivity contribution in [1.29, 1.82) is 0 Å². The SMILES string of the molecule is COOOSC(F)(F)C(F)(F)C(F)(F)S(=O)(=O)Oc1c(C(C)C)cccc1C(C)C. The fourth-order valence-corrected chi connectivity index (χ4v) is 3.63. The van der Waals surface area contributed by atoms with Gasteiger partial charge in [0, 0.05) is 0 Å². The van der Waals surface area contributed by atoms with Crippen molar-refractivity contribution in [3.05, 3.63) is 29.3 Å².